The number of carbonyl (C=O) groups is 1. The van der Waals surface area contributed by atoms with Crippen molar-refractivity contribution in [1.82, 2.24) is 4.90 Å². The molecule has 3 nitrogen and oxygen atoms in total. The molecule has 1 amide bonds. The molecule has 1 aromatic carbocycles. The first-order valence-corrected chi connectivity index (χ1v) is 8.72. The highest BCUT2D eigenvalue weighted by molar-refractivity contribution is 9.10. The molecule has 1 heterocycles. The quantitative estimate of drug-likeness (QED) is 0.842. The predicted octanol–water partition coefficient (Wildman–Crippen LogP) is 3.63. The minimum Gasteiger partial charge on any atom is -0.342 e. The van der Waals surface area contributed by atoms with E-state index in [1.807, 2.05) is 12.1 Å². The largest absolute Gasteiger partial charge is 0.342 e. The number of rotatable bonds is 2. The molecule has 0 spiro atoms. The predicted molar refractivity (Wildman–Crippen MR) is 95.3 cm³/mol. The normalized spacial score (nSPS) is 21.5. The van der Waals surface area contributed by atoms with Gasteiger partial charge in [-0.15, -0.1) is 12.4 Å². The van der Waals surface area contributed by atoms with Gasteiger partial charge in [-0.2, -0.15) is 0 Å². The van der Waals surface area contributed by atoms with Crippen molar-refractivity contribution >= 4 is 34.2 Å². The minimum atomic E-state index is -0.300. The lowest BCUT2D eigenvalue weighted by Crippen LogP contribution is -2.50. The monoisotopic (exact) mass is 386 g/mol. The van der Waals surface area contributed by atoms with Crippen molar-refractivity contribution in [3.8, 4) is 0 Å². The van der Waals surface area contributed by atoms with Crippen LogP contribution in [-0.4, -0.2) is 29.9 Å². The molecule has 5 heteroatoms. The fourth-order valence-electron chi connectivity index (χ4n) is 3.80. The average molecular weight is 388 g/mol. The van der Waals surface area contributed by atoms with Crippen molar-refractivity contribution in [1.29, 1.82) is 0 Å². The Morgan fingerprint density at radius 2 is 1.86 bits per heavy atom. The van der Waals surface area contributed by atoms with E-state index in [1.165, 1.54) is 5.56 Å². The SMILES string of the molecule is Cl.NC1CCN(C(=O)C2(c3cccc(Br)c3)CCCC2)CC1. The highest BCUT2D eigenvalue weighted by atomic mass is 79.9. The first-order chi connectivity index (χ1) is 10.1. The van der Waals surface area contributed by atoms with E-state index in [4.69, 9.17) is 5.73 Å². The third-order valence-corrected chi connectivity index (χ3v) is 5.56. The van der Waals surface area contributed by atoms with Gasteiger partial charge in [-0.05, 0) is 43.4 Å². The molecule has 0 radical (unpaired) electrons. The highest BCUT2D eigenvalue weighted by Gasteiger charge is 2.45. The van der Waals surface area contributed by atoms with Crippen molar-refractivity contribution < 1.29 is 4.79 Å². The number of piperidine rings is 1. The third-order valence-electron chi connectivity index (χ3n) is 5.07. The van der Waals surface area contributed by atoms with Crippen LogP contribution in [0.3, 0.4) is 0 Å². The van der Waals surface area contributed by atoms with Gasteiger partial charge in [0.25, 0.3) is 0 Å². The van der Waals surface area contributed by atoms with E-state index in [0.717, 1.165) is 56.1 Å². The second-order valence-electron chi connectivity index (χ2n) is 6.43. The molecule has 0 bridgehead atoms. The Balaban J connectivity index is 0.00000176. The summed E-state index contributed by atoms with van der Waals surface area (Å²) < 4.78 is 1.06. The third kappa shape index (κ3) is 3.34. The van der Waals surface area contributed by atoms with E-state index >= 15 is 0 Å². The number of likely N-dealkylation sites (tertiary alicyclic amines) is 1. The number of hydrogen-bond acceptors (Lipinski definition) is 2. The van der Waals surface area contributed by atoms with E-state index in [0.29, 0.717) is 5.91 Å². The zero-order valence-electron chi connectivity index (χ0n) is 12.8. The number of amides is 1. The van der Waals surface area contributed by atoms with Gasteiger partial charge in [-0.1, -0.05) is 40.9 Å². The number of hydrogen-bond donors (Lipinski definition) is 1. The lowest BCUT2D eigenvalue weighted by Gasteiger charge is -2.38. The summed E-state index contributed by atoms with van der Waals surface area (Å²) in [5.74, 6) is 0.324. The van der Waals surface area contributed by atoms with E-state index in [-0.39, 0.29) is 23.9 Å². The van der Waals surface area contributed by atoms with Crippen LogP contribution in [0, 0.1) is 0 Å². The van der Waals surface area contributed by atoms with Crippen LogP contribution in [0.5, 0.6) is 0 Å². The summed E-state index contributed by atoms with van der Waals surface area (Å²) in [6.45, 7) is 1.63. The Morgan fingerprint density at radius 3 is 2.45 bits per heavy atom. The van der Waals surface area contributed by atoms with Crippen LogP contribution in [0.4, 0.5) is 0 Å². The first kappa shape index (κ1) is 17.8. The first-order valence-electron chi connectivity index (χ1n) is 7.93. The number of benzene rings is 1. The smallest absolute Gasteiger partial charge is 0.233 e. The summed E-state index contributed by atoms with van der Waals surface area (Å²) in [6, 6.07) is 8.57. The number of nitrogens with two attached hydrogens (primary N) is 1. The zero-order chi connectivity index (χ0) is 14.9. The Morgan fingerprint density at radius 1 is 1.23 bits per heavy atom. The maximum atomic E-state index is 13.2. The maximum Gasteiger partial charge on any atom is 0.233 e. The van der Waals surface area contributed by atoms with Gasteiger partial charge in [0.05, 0.1) is 5.41 Å². The van der Waals surface area contributed by atoms with Gasteiger partial charge in [0.2, 0.25) is 5.91 Å². The molecule has 1 aromatic rings. The van der Waals surface area contributed by atoms with Gasteiger partial charge in [0.15, 0.2) is 0 Å². The molecular weight excluding hydrogens is 364 g/mol. The fraction of sp³-hybridized carbons (Fsp3) is 0.588. The second kappa shape index (κ2) is 7.33. The van der Waals surface area contributed by atoms with E-state index in [9.17, 15) is 4.79 Å². The molecule has 122 valence electrons. The van der Waals surface area contributed by atoms with Gasteiger partial charge in [0, 0.05) is 23.6 Å². The summed E-state index contributed by atoms with van der Waals surface area (Å²) in [7, 11) is 0. The molecule has 2 aliphatic rings. The molecule has 0 unspecified atom stereocenters. The van der Waals surface area contributed by atoms with Crippen LogP contribution in [0.1, 0.15) is 44.1 Å². The van der Waals surface area contributed by atoms with Gasteiger partial charge in [-0.25, -0.2) is 0 Å². The van der Waals surface area contributed by atoms with Crippen LogP contribution in [-0.2, 0) is 10.2 Å². The Hall–Kier alpha value is -0.580. The number of nitrogens with zero attached hydrogens (tertiary/aromatic N) is 1. The fourth-order valence-corrected chi connectivity index (χ4v) is 4.20. The molecule has 0 aromatic heterocycles. The summed E-state index contributed by atoms with van der Waals surface area (Å²) in [5.41, 5.74) is 6.85. The van der Waals surface area contributed by atoms with Crippen LogP contribution >= 0.6 is 28.3 Å². The topological polar surface area (TPSA) is 46.3 Å². The zero-order valence-corrected chi connectivity index (χ0v) is 15.2. The molecule has 1 saturated heterocycles. The Bertz CT molecular complexity index is 523. The number of halogens is 2. The Kier molecular flexibility index (Phi) is 5.92. The van der Waals surface area contributed by atoms with Gasteiger partial charge in [0.1, 0.15) is 0 Å². The molecule has 0 atom stereocenters. The summed E-state index contributed by atoms with van der Waals surface area (Å²) in [4.78, 5) is 15.3. The van der Waals surface area contributed by atoms with Crippen molar-refractivity contribution in [2.24, 2.45) is 5.73 Å². The van der Waals surface area contributed by atoms with Crippen molar-refractivity contribution in [3.63, 3.8) is 0 Å². The second-order valence-corrected chi connectivity index (χ2v) is 7.34. The van der Waals surface area contributed by atoms with E-state index < -0.39 is 0 Å². The van der Waals surface area contributed by atoms with E-state index in [2.05, 4.69) is 33.0 Å². The van der Waals surface area contributed by atoms with Gasteiger partial charge in [-0.3, -0.25) is 4.79 Å². The number of carbonyl (C=O) groups excluding carboxylic acids is 1. The molecule has 1 aliphatic carbocycles. The molecule has 1 saturated carbocycles. The molecular formula is C17H24BrClN2O. The molecule has 2 N–H and O–H groups in total. The minimum absolute atomic E-state index is 0. The Labute approximate surface area is 147 Å². The lowest BCUT2D eigenvalue weighted by molar-refractivity contribution is -0.138. The summed E-state index contributed by atoms with van der Waals surface area (Å²) in [5, 5.41) is 0. The highest BCUT2D eigenvalue weighted by Crippen LogP contribution is 2.43. The molecule has 22 heavy (non-hydrogen) atoms. The van der Waals surface area contributed by atoms with Gasteiger partial charge >= 0.3 is 0 Å². The molecule has 2 fully saturated rings. The van der Waals surface area contributed by atoms with Gasteiger partial charge < -0.3 is 10.6 Å². The van der Waals surface area contributed by atoms with Crippen LogP contribution < -0.4 is 5.73 Å². The van der Waals surface area contributed by atoms with Crippen molar-refractivity contribution in [2.45, 2.75) is 50.0 Å². The standard InChI is InChI=1S/C17H23BrN2O.ClH/c18-14-5-3-4-13(12-14)17(8-1-2-9-17)16(21)20-10-6-15(19)7-11-20;/h3-5,12,15H,1-2,6-11,19H2;1H. The van der Waals surface area contributed by atoms with Crippen LogP contribution in [0.2, 0.25) is 0 Å². The summed E-state index contributed by atoms with van der Waals surface area (Å²) >= 11 is 3.54. The van der Waals surface area contributed by atoms with E-state index in [1.54, 1.807) is 0 Å². The van der Waals surface area contributed by atoms with Crippen LogP contribution in [0.15, 0.2) is 28.7 Å². The maximum absolute atomic E-state index is 13.2. The van der Waals surface area contributed by atoms with Crippen molar-refractivity contribution in [3.05, 3.63) is 34.3 Å². The van der Waals surface area contributed by atoms with Crippen molar-refractivity contribution in [2.75, 3.05) is 13.1 Å². The molecule has 3 rings (SSSR count). The lowest BCUT2D eigenvalue weighted by atomic mass is 9.77. The average Bonchev–Trinajstić information content (AvgIpc) is 2.98. The van der Waals surface area contributed by atoms with Crippen LogP contribution in [0.25, 0.3) is 0 Å². The molecule has 1 aliphatic heterocycles. The summed E-state index contributed by atoms with van der Waals surface area (Å²) in [6.07, 6.45) is 6.10.